The highest BCUT2D eigenvalue weighted by atomic mass is 15.2. The van der Waals surface area contributed by atoms with Gasteiger partial charge in [-0.2, -0.15) is 0 Å². The molecule has 2 aliphatic carbocycles. The summed E-state index contributed by atoms with van der Waals surface area (Å²) in [6.07, 6.45) is 4.60. The Morgan fingerprint density at radius 3 is 0.979 bits per heavy atom. The fraction of sp³-hybridized carbons (Fsp3) is 0.348. The zero-order valence-corrected chi connectivity index (χ0v) is 29.3. The topological polar surface area (TPSA) is 6.48 Å². The minimum Gasteiger partial charge on any atom is -0.294 e. The van der Waals surface area contributed by atoms with Gasteiger partial charge in [-0.1, -0.05) is 146 Å². The molecular formula is C46H52N2. The Balaban J connectivity index is 1.17. The summed E-state index contributed by atoms with van der Waals surface area (Å²) in [6, 6.07) is 56.6. The van der Waals surface area contributed by atoms with E-state index in [9.17, 15) is 0 Å². The normalized spacial score (nSPS) is 23.8. The van der Waals surface area contributed by atoms with Crippen molar-refractivity contribution in [2.45, 2.75) is 101 Å². The molecule has 2 heteroatoms. The highest BCUT2D eigenvalue weighted by molar-refractivity contribution is 5.49. The van der Waals surface area contributed by atoms with Crippen molar-refractivity contribution in [3.05, 3.63) is 179 Å². The molecular weight excluding hydrogens is 581 g/mol. The van der Waals surface area contributed by atoms with E-state index >= 15 is 0 Å². The van der Waals surface area contributed by atoms with Gasteiger partial charge in [0, 0.05) is 48.1 Å². The highest BCUT2D eigenvalue weighted by Crippen LogP contribution is 2.54. The SMILES string of the molecule is CC(C)N(Cc1ccccc1)C1CC(c2ccccc2)(c2ccc(C3(c4ccccc4)CC(N(Cc4ccccc4)C(C)C)C3)cc2)C1. The Hall–Kier alpha value is -3.98. The van der Waals surface area contributed by atoms with E-state index in [1.165, 1.54) is 33.4 Å². The molecule has 2 aliphatic rings. The molecule has 0 radical (unpaired) electrons. The van der Waals surface area contributed by atoms with Gasteiger partial charge in [0.05, 0.1) is 0 Å². The van der Waals surface area contributed by atoms with Crippen molar-refractivity contribution < 1.29 is 0 Å². The molecule has 0 atom stereocenters. The predicted molar refractivity (Wildman–Crippen MR) is 201 cm³/mol. The van der Waals surface area contributed by atoms with Gasteiger partial charge in [-0.05, 0) is 86.8 Å². The molecule has 0 heterocycles. The molecule has 2 fully saturated rings. The molecule has 2 saturated carbocycles. The van der Waals surface area contributed by atoms with Crippen LogP contribution in [0.2, 0.25) is 0 Å². The first-order valence-electron chi connectivity index (χ1n) is 18.2. The lowest BCUT2D eigenvalue weighted by Crippen LogP contribution is -2.56. The molecule has 0 spiro atoms. The second-order valence-electron chi connectivity index (χ2n) is 15.1. The molecule has 2 nitrogen and oxygen atoms in total. The quantitative estimate of drug-likeness (QED) is 0.135. The third kappa shape index (κ3) is 6.29. The van der Waals surface area contributed by atoms with Gasteiger partial charge in [-0.15, -0.1) is 0 Å². The molecule has 5 aromatic rings. The maximum Gasteiger partial charge on any atom is 0.0239 e. The number of benzene rings is 5. The average molecular weight is 633 g/mol. The van der Waals surface area contributed by atoms with Crippen LogP contribution in [-0.4, -0.2) is 34.0 Å². The van der Waals surface area contributed by atoms with E-state index in [0.29, 0.717) is 24.2 Å². The van der Waals surface area contributed by atoms with Crippen molar-refractivity contribution >= 4 is 0 Å². The summed E-state index contributed by atoms with van der Waals surface area (Å²) >= 11 is 0. The molecule has 0 aliphatic heterocycles. The van der Waals surface area contributed by atoms with Crippen molar-refractivity contribution in [3.8, 4) is 0 Å². The van der Waals surface area contributed by atoms with Crippen molar-refractivity contribution in [2.75, 3.05) is 0 Å². The molecule has 246 valence electrons. The van der Waals surface area contributed by atoms with Gasteiger partial charge in [-0.25, -0.2) is 0 Å². The summed E-state index contributed by atoms with van der Waals surface area (Å²) < 4.78 is 0. The third-order valence-corrected chi connectivity index (χ3v) is 11.7. The summed E-state index contributed by atoms with van der Waals surface area (Å²) in [6.45, 7) is 11.4. The summed E-state index contributed by atoms with van der Waals surface area (Å²) in [4.78, 5) is 5.44. The van der Waals surface area contributed by atoms with Gasteiger partial charge in [-0.3, -0.25) is 9.80 Å². The van der Waals surface area contributed by atoms with Crippen molar-refractivity contribution in [1.82, 2.24) is 9.80 Å². The molecule has 0 saturated heterocycles. The maximum absolute atomic E-state index is 2.72. The van der Waals surface area contributed by atoms with Gasteiger partial charge >= 0.3 is 0 Å². The van der Waals surface area contributed by atoms with E-state index in [1.54, 1.807) is 0 Å². The maximum atomic E-state index is 2.72. The number of rotatable bonds is 12. The van der Waals surface area contributed by atoms with Crippen LogP contribution in [0, 0.1) is 0 Å². The van der Waals surface area contributed by atoms with E-state index in [4.69, 9.17) is 0 Å². The van der Waals surface area contributed by atoms with Gasteiger partial charge < -0.3 is 0 Å². The van der Waals surface area contributed by atoms with Crippen LogP contribution in [0.1, 0.15) is 86.8 Å². The molecule has 0 unspecified atom stereocenters. The first-order valence-corrected chi connectivity index (χ1v) is 18.2. The lowest BCUT2D eigenvalue weighted by Gasteiger charge is -2.55. The van der Waals surface area contributed by atoms with Gasteiger partial charge in [0.15, 0.2) is 0 Å². The zero-order valence-electron chi connectivity index (χ0n) is 29.3. The second kappa shape index (κ2) is 13.9. The minimum atomic E-state index is 0.0421. The molecule has 0 aromatic heterocycles. The molecule has 0 N–H and O–H groups in total. The number of hydrogen-bond donors (Lipinski definition) is 0. The Bertz CT molecular complexity index is 1580. The van der Waals surface area contributed by atoms with E-state index in [0.717, 1.165) is 38.8 Å². The van der Waals surface area contributed by atoms with Crippen LogP contribution in [0.15, 0.2) is 146 Å². The summed E-state index contributed by atoms with van der Waals surface area (Å²) in [5.41, 5.74) is 8.71. The van der Waals surface area contributed by atoms with Crippen molar-refractivity contribution in [3.63, 3.8) is 0 Å². The summed E-state index contributed by atoms with van der Waals surface area (Å²) in [7, 11) is 0. The summed E-state index contributed by atoms with van der Waals surface area (Å²) in [5.74, 6) is 0. The van der Waals surface area contributed by atoms with E-state index < -0.39 is 0 Å². The standard InChI is InChI=1S/C46H52N2/c1-35(2)47(33-37-17-9-5-10-18-37)43-29-45(30-43,39-21-13-7-14-22-39)41-25-27-42(28-26-41)46(40-23-15-8-16-24-40)31-44(32-46)48(36(3)4)34-38-19-11-6-12-20-38/h5-28,35-36,43-44H,29-34H2,1-4H3. The minimum absolute atomic E-state index is 0.0421. The van der Waals surface area contributed by atoms with E-state index in [-0.39, 0.29) is 10.8 Å². The second-order valence-corrected chi connectivity index (χ2v) is 15.1. The number of nitrogens with zero attached hydrogens (tertiary/aromatic N) is 2. The Morgan fingerprint density at radius 1 is 0.417 bits per heavy atom. The van der Waals surface area contributed by atoms with E-state index in [2.05, 4.69) is 183 Å². The van der Waals surface area contributed by atoms with Crippen LogP contribution in [0.25, 0.3) is 0 Å². The molecule has 0 amide bonds. The van der Waals surface area contributed by atoms with Crippen LogP contribution in [0.4, 0.5) is 0 Å². The van der Waals surface area contributed by atoms with Gasteiger partial charge in [0.25, 0.3) is 0 Å². The zero-order chi connectivity index (χ0) is 33.1. The molecule has 0 bridgehead atoms. The van der Waals surface area contributed by atoms with Gasteiger partial charge in [0.1, 0.15) is 0 Å². The first kappa shape index (κ1) is 32.6. The Labute approximate surface area is 289 Å². The molecule has 7 rings (SSSR count). The Morgan fingerprint density at radius 2 is 0.688 bits per heavy atom. The van der Waals surface area contributed by atoms with Crippen LogP contribution in [0.3, 0.4) is 0 Å². The lowest BCUT2D eigenvalue weighted by molar-refractivity contribution is 0.0405. The van der Waals surface area contributed by atoms with Crippen LogP contribution in [-0.2, 0) is 23.9 Å². The van der Waals surface area contributed by atoms with Crippen LogP contribution >= 0.6 is 0 Å². The molecule has 48 heavy (non-hydrogen) atoms. The van der Waals surface area contributed by atoms with Crippen molar-refractivity contribution in [2.24, 2.45) is 0 Å². The molecule has 5 aromatic carbocycles. The smallest absolute Gasteiger partial charge is 0.0239 e. The third-order valence-electron chi connectivity index (χ3n) is 11.7. The first-order chi connectivity index (χ1) is 23.4. The fourth-order valence-corrected chi connectivity index (χ4v) is 8.91. The van der Waals surface area contributed by atoms with Gasteiger partial charge in [0.2, 0.25) is 0 Å². The Kier molecular flexibility index (Phi) is 9.40. The lowest BCUT2D eigenvalue weighted by atomic mass is 9.55. The predicted octanol–water partition coefficient (Wildman–Crippen LogP) is 10.4. The average Bonchev–Trinajstić information content (AvgIpc) is 3.08. The number of hydrogen-bond acceptors (Lipinski definition) is 2. The highest BCUT2D eigenvalue weighted by Gasteiger charge is 2.51. The largest absolute Gasteiger partial charge is 0.294 e. The van der Waals surface area contributed by atoms with Crippen molar-refractivity contribution in [1.29, 1.82) is 0 Å². The summed E-state index contributed by atoms with van der Waals surface area (Å²) in [5, 5.41) is 0. The van der Waals surface area contributed by atoms with Crippen LogP contribution < -0.4 is 0 Å². The monoisotopic (exact) mass is 632 g/mol. The van der Waals surface area contributed by atoms with Crippen LogP contribution in [0.5, 0.6) is 0 Å². The fourth-order valence-electron chi connectivity index (χ4n) is 8.91. The van der Waals surface area contributed by atoms with E-state index in [1.807, 2.05) is 0 Å².